The Hall–Kier alpha value is -7.88. The Bertz CT molecular complexity index is 3040. The van der Waals surface area contributed by atoms with Crippen LogP contribution >= 0.6 is 0 Å². The van der Waals surface area contributed by atoms with Gasteiger partial charge in [0.1, 0.15) is 0 Å². The molecule has 0 bridgehead atoms. The molecular weight excluding hydrogens is 727 g/mol. The van der Waals surface area contributed by atoms with Gasteiger partial charge in [0.2, 0.25) is 0 Å². The molecule has 0 N–H and O–H groups in total. The molecule has 282 valence electrons. The van der Waals surface area contributed by atoms with Crippen LogP contribution in [-0.4, -0.2) is 4.57 Å². The first-order chi connectivity index (χ1) is 29.8. The number of benzene rings is 9. The van der Waals surface area contributed by atoms with Crippen LogP contribution in [0.25, 0.3) is 39.6 Å². The zero-order chi connectivity index (χ0) is 39.6. The van der Waals surface area contributed by atoms with Crippen LogP contribution in [0.15, 0.2) is 224 Å². The molecule has 2 aliphatic rings. The van der Waals surface area contributed by atoms with Crippen LogP contribution in [0.3, 0.4) is 0 Å². The molecule has 0 amide bonds. The topological polar surface area (TPSA) is 11.4 Å². The summed E-state index contributed by atoms with van der Waals surface area (Å²) in [5.74, 6) is 0. The quantitative estimate of drug-likeness (QED) is 0.167. The third kappa shape index (κ3) is 5.03. The minimum atomic E-state index is -0.723. The predicted molar refractivity (Wildman–Crippen MR) is 251 cm³/mol. The van der Waals surface area contributed by atoms with E-state index in [-0.39, 0.29) is 0 Å². The molecule has 0 atom stereocenters. The van der Waals surface area contributed by atoms with Gasteiger partial charge in [0.15, 0.2) is 0 Å². The van der Waals surface area contributed by atoms with Gasteiger partial charge in [-0.15, -0.1) is 0 Å². The summed E-state index contributed by atoms with van der Waals surface area (Å²) < 4.78 is 2.52. The van der Waals surface area contributed by atoms with Gasteiger partial charge in [0.05, 0.1) is 22.1 Å². The number of fused-ring (bicyclic) bond motifs is 11. The van der Waals surface area contributed by atoms with Crippen molar-refractivity contribution in [3.8, 4) is 5.69 Å². The average molecular weight is 766 g/mol. The van der Waals surface area contributed by atoms with Crippen LogP contribution in [0.5, 0.6) is 0 Å². The lowest BCUT2D eigenvalue weighted by molar-refractivity contribution is 0.726. The second-order valence-corrected chi connectivity index (χ2v) is 15.7. The minimum Gasteiger partial charge on any atom is -0.310 e. The molecule has 0 fully saturated rings. The highest BCUT2D eigenvalue weighted by molar-refractivity contribution is 6.12. The van der Waals surface area contributed by atoms with Gasteiger partial charge in [-0.25, -0.2) is 0 Å². The van der Waals surface area contributed by atoms with Crippen LogP contribution in [0, 0.1) is 0 Å². The SMILES string of the molecule is C1=Cc2ccc(N(c3ccccc3)c3ccccc3)cc2C2(c3cc(N(c4ccccc4)c4ccccc4)ccc31)c1ccccc1-n1c3ccccc3c3cccc2c31. The maximum atomic E-state index is 2.52. The van der Waals surface area contributed by atoms with E-state index in [1.807, 2.05) is 0 Å². The Labute approximate surface area is 350 Å². The molecule has 0 saturated carbocycles. The van der Waals surface area contributed by atoms with Crippen molar-refractivity contribution in [2.45, 2.75) is 5.41 Å². The van der Waals surface area contributed by atoms with Gasteiger partial charge in [-0.05, 0) is 118 Å². The lowest BCUT2D eigenvalue weighted by atomic mass is 9.61. The third-order valence-corrected chi connectivity index (χ3v) is 12.5. The van der Waals surface area contributed by atoms with Gasteiger partial charge in [0, 0.05) is 44.9 Å². The number of para-hydroxylation sites is 7. The summed E-state index contributed by atoms with van der Waals surface area (Å²) in [6, 6.07) is 82.1. The Morgan fingerprint density at radius 2 is 0.750 bits per heavy atom. The second kappa shape index (κ2) is 13.6. The van der Waals surface area contributed by atoms with E-state index in [1.165, 1.54) is 60.9 Å². The standard InChI is InChI=1S/C57H39N3/c1-5-18-42(19-6-1)58(43-20-7-2-8-21-43)46-36-34-40-32-33-41-35-37-47(59(44-22-9-3-10-23-44)45-24-11-4-12-25-45)39-53(41)57(52(40)38-46)50-28-14-16-31-55(50)60-54-30-15-13-26-48(54)49-27-17-29-51(57)56(49)60/h1-39H. The van der Waals surface area contributed by atoms with Crippen LogP contribution in [0.4, 0.5) is 34.1 Å². The summed E-state index contributed by atoms with van der Waals surface area (Å²) in [6.07, 6.45) is 4.67. The minimum absolute atomic E-state index is 0.723. The predicted octanol–water partition coefficient (Wildman–Crippen LogP) is 14.9. The molecule has 60 heavy (non-hydrogen) atoms. The van der Waals surface area contributed by atoms with E-state index in [9.17, 15) is 0 Å². The number of nitrogens with zero attached hydrogens (tertiary/aromatic N) is 3. The van der Waals surface area contributed by atoms with E-state index in [0.29, 0.717) is 0 Å². The average Bonchev–Trinajstić information content (AvgIpc) is 3.59. The van der Waals surface area contributed by atoms with Crippen LogP contribution in [-0.2, 0) is 5.41 Å². The summed E-state index contributed by atoms with van der Waals surface area (Å²) in [4.78, 5) is 4.78. The molecule has 1 aromatic heterocycles. The first kappa shape index (κ1) is 34.2. The molecule has 1 aliphatic heterocycles. The zero-order valence-corrected chi connectivity index (χ0v) is 32.9. The Morgan fingerprint density at radius 3 is 1.28 bits per heavy atom. The van der Waals surface area contributed by atoms with Gasteiger partial charge >= 0.3 is 0 Å². The van der Waals surface area contributed by atoms with E-state index in [0.717, 1.165) is 34.1 Å². The van der Waals surface area contributed by atoms with E-state index in [2.05, 4.69) is 251 Å². The number of rotatable bonds is 6. The molecule has 9 aromatic carbocycles. The number of hydrogen-bond acceptors (Lipinski definition) is 2. The van der Waals surface area contributed by atoms with Crippen molar-refractivity contribution >= 4 is 68.1 Å². The fourth-order valence-corrected chi connectivity index (χ4v) is 10.1. The highest BCUT2D eigenvalue weighted by Gasteiger charge is 2.48. The molecule has 3 nitrogen and oxygen atoms in total. The maximum absolute atomic E-state index is 2.52. The first-order valence-electron chi connectivity index (χ1n) is 20.7. The van der Waals surface area contributed by atoms with E-state index >= 15 is 0 Å². The molecule has 0 saturated heterocycles. The lowest BCUT2D eigenvalue weighted by Crippen LogP contribution is -2.36. The summed E-state index contributed by atoms with van der Waals surface area (Å²) in [6.45, 7) is 0. The Balaban J connectivity index is 1.23. The lowest BCUT2D eigenvalue weighted by Gasteiger charge is -2.43. The number of aromatic nitrogens is 1. The molecule has 0 unspecified atom stereocenters. The summed E-state index contributed by atoms with van der Waals surface area (Å²) in [7, 11) is 0. The fraction of sp³-hybridized carbons (Fsp3) is 0.0175. The molecular formula is C57H39N3. The summed E-state index contributed by atoms with van der Waals surface area (Å²) in [5, 5.41) is 2.52. The van der Waals surface area contributed by atoms with Crippen molar-refractivity contribution in [3.63, 3.8) is 0 Å². The smallest absolute Gasteiger partial charge is 0.0755 e. The van der Waals surface area contributed by atoms with Gasteiger partial charge < -0.3 is 14.4 Å². The molecule has 1 spiro atoms. The molecule has 1 aliphatic carbocycles. The van der Waals surface area contributed by atoms with Crippen molar-refractivity contribution in [1.29, 1.82) is 0 Å². The molecule has 3 heteroatoms. The van der Waals surface area contributed by atoms with Crippen molar-refractivity contribution in [1.82, 2.24) is 4.57 Å². The largest absolute Gasteiger partial charge is 0.310 e. The van der Waals surface area contributed by atoms with Crippen LogP contribution < -0.4 is 9.80 Å². The zero-order valence-electron chi connectivity index (χ0n) is 32.9. The monoisotopic (exact) mass is 765 g/mol. The van der Waals surface area contributed by atoms with E-state index in [1.54, 1.807) is 0 Å². The fourth-order valence-electron chi connectivity index (χ4n) is 10.1. The van der Waals surface area contributed by atoms with E-state index < -0.39 is 5.41 Å². The highest BCUT2D eigenvalue weighted by Crippen LogP contribution is 2.58. The van der Waals surface area contributed by atoms with Crippen LogP contribution in [0.1, 0.15) is 33.4 Å². The van der Waals surface area contributed by atoms with Gasteiger partial charge in [0.25, 0.3) is 0 Å². The van der Waals surface area contributed by atoms with Crippen molar-refractivity contribution in [3.05, 3.63) is 258 Å². The van der Waals surface area contributed by atoms with Gasteiger partial charge in [-0.3, -0.25) is 0 Å². The molecule has 10 aromatic rings. The number of hydrogen-bond donors (Lipinski definition) is 0. The summed E-state index contributed by atoms with van der Waals surface area (Å²) in [5.41, 5.74) is 17.0. The van der Waals surface area contributed by atoms with Gasteiger partial charge in [-0.2, -0.15) is 0 Å². The van der Waals surface area contributed by atoms with Crippen molar-refractivity contribution < 1.29 is 0 Å². The van der Waals surface area contributed by atoms with Crippen molar-refractivity contribution in [2.75, 3.05) is 9.80 Å². The maximum Gasteiger partial charge on any atom is 0.0755 e. The molecule has 0 radical (unpaired) electrons. The Kier molecular flexibility index (Phi) is 7.76. The highest BCUT2D eigenvalue weighted by atomic mass is 15.1. The third-order valence-electron chi connectivity index (χ3n) is 12.5. The first-order valence-corrected chi connectivity index (χ1v) is 20.7. The second-order valence-electron chi connectivity index (χ2n) is 15.7. The van der Waals surface area contributed by atoms with Crippen LogP contribution in [0.2, 0.25) is 0 Å². The Morgan fingerprint density at radius 1 is 0.317 bits per heavy atom. The van der Waals surface area contributed by atoms with Crippen molar-refractivity contribution in [2.24, 2.45) is 0 Å². The van der Waals surface area contributed by atoms with Gasteiger partial charge in [-0.1, -0.05) is 152 Å². The van der Waals surface area contributed by atoms with E-state index in [4.69, 9.17) is 0 Å². The normalized spacial score (nSPS) is 13.1. The summed E-state index contributed by atoms with van der Waals surface area (Å²) >= 11 is 0. The number of anilines is 6. The molecule has 12 rings (SSSR count). The molecule has 2 heterocycles.